The normalized spacial score (nSPS) is 10.0. The van der Waals surface area contributed by atoms with Crippen LogP contribution in [0.3, 0.4) is 0 Å². The first-order chi connectivity index (χ1) is 9.09. The zero-order chi connectivity index (χ0) is 13.8. The van der Waals surface area contributed by atoms with E-state index in [0.29, 0.717) is 16.9 Å². The summed E-state index contributed by atoms with van der Waals surface area (Å²) < 4.78 is 0. The number of anilines is 1. The maximum atomic E-state index is 12.0. The third-order valence-corrected chi connectivity index (χ3v) is 3.06. The number of carbonyl (C=O) groups excluding carboxylic acids is 2. The van der Waals surface area contributed by atoms with Crippen LogP contribution in [0.2, 0.25) is 0 Å². The molecule has 0 fully saturated rings. The van der Waals surface area contributed by atoms with E-state index in [1.807, 2.05) is 0 Å². The first kappa shape index (κ1) is 13.2. The summed E-state index contributed by atoms with van der Waals surface area (Å²) in [5.41, 5.74) is 2.87. The number of rotatable bonds is 3. The molecule has 1 aromatic carbocycles. The maximum absolute atomic E-state index is 12.0. The van der Waals surface area contributed by atoms with Gasteiger partial charge in [-0.15, -0.1) is 11.3 Å². The summed E-state index contributed by atoms with van der Waals surface area (Å²) in [5, 5.41) is 4.36. The lowest BCUT2D eigenvalue weighted by atomic mass is 10.1. The molecule has 0 unspecified atom stereocenters. The third-order valence-electron chi connectivity index (χ3n) is 2.48. The standard InChI is InChI=1S/C13H13N3O2S/c1-16(2)13(18)9-5-3-4-6-10(9)15-12(17)11-7-19-8-14-11/h3-8H,1-2H3,(H,15,17). The van der Waals surface area contributed by atoms with Crippen LogP contribution in [0.15, 0.2) is 35.2 Å². The molecule has 0 saturated carbocycles. The smallest absolute Gasteiger partial charge is 0.275 e. The number of benzene rings is 1. The Morgan fingerprint density at radius 3 is 2.63 bits per heavy atom. The minimum Gasteiger partial charge on any atom is -0.345 e. The Hall–Kier alpha value is -2.21. The second kappa shape index (κ2) is 5.62. The van der Waals surface area contributed by atoms with Gasteiger partial charge in [0, 0.05) is 19.5 Å². The molecule has 5 nitrogen and oxygen atoms in total. The van der Waals surface area contributed by atoms with Crippen LogP contribution in [0.25, 0.3) is 0 Å². The Morgan fingerprint density at radius 2 is 2.00 bits per heavy atom. The summed E-state index contributed by atoms with van der Waals surface area (Å²) in [6, 6.07) is 6.90. The number of hydrogen-bond acceptors (Lipinski definition) is 4. The Bertz CT molecular complexity index is 594. The molecule has 1 heterocycles. The van der Waals surface area contributed by atoms with Gasteiger partial charge in [-0.25, -0.2) is 4.98 Å². The van der Waals surface area contributed by atoms with Crippen LogP contribution in [0.5, 0.6) is 0 Å². The van der Waals surface area contributed by atoms with Gasteiger partial charge in [-0.05, 0) is 12.1 Å². The number of hydrogen-bond donors (Lipinski definition) is 1. The Labute approximate surface area is 114 Å². The van der Waals surface area contributed by atoms with E-state index in [2.05, 4.69) is 10.3 Å². The first-order valence-corrected chi connectivity index (χ1v) is 6.54. The fourth-order valence-electron chi connectivity index (χ4n) is 1.53. The first-order valence-electron chi connectivity index (χ1n) is 5.60. The van der Waals surface area contributed by atoms with Crippen molar-refractivity contribution in [3.63, 3.8) is 0 Å². The summed E-state index contributed by atoms with van der Waals surface area (Å²) in [7, 11) is 3.34. The van der Waals surface area contributed by atoms with Crippen molar-refractivity contribution in [1.29, 1.82) is 0 Å². The highest BCUT2D eigenvalue weighted by atomic mass is 32.1. The van der Waals surface area contributed by atoms with E-state index in [9.17, 15) is 9.59 Å². The summed E-state index contributed by atoms with van der Waals surface area (Å²) in [6.45, 7) is 0. The highest BCUT2D eigenvalue weighted by molar-refractivity contribution is 7.07. The lowest BCUT2D eigenvalue weighted by Crippen LogP contribution is -2.24. The summed E-state index contributed by atoms with van der Waals surface area (Å²) in [4.78, 5) is 29.3. The second-order valence-electron chi connectivity index (χ2n) is 4.07. The van der Waals surface area contributed by atoms with Crippen molar-refractivity contribution in [2.24, 2.45) is 0 Å². The van der Waals surface area contributed by atoms with E-state index in [4.69, 9.17) is 0 Å². The molecule has 0 bridgehead atoms. The van der Waals surface area contributed by atoms with Crippen molar-refractivity contribution >= 4 is 28.8 Å². The Kier molecular flexibility index (Phi) is 3.91. The van der Waals surface area contributed by atoms with E-state index >= 15 is 0 Å². The van der Waals surface area contributed by atoms with Crippen LogP contribution in [-0.2, 0) is 0 Å². The predicted molar refractivity (Wildman–Crippen MR) is 74.5 cm³/mol. The summed E-state index contributed by atoms with van der Waals surface area (Å²) in [5.74, 6) is -0.477. The third kappa shape index (κ3) is 2.97. The SMILES string of the molecule is CN(C)C(=O)c1ccccc1NC(=O)c1cscn1. The molecule has 0 spiro atoms. The molecule has 0 aliphatic rings. The van der Waals surface area contributed by atoms with Gasteiger partial charge in [0.05, 0.1) is 16.8 Å². The molecule has 19 heavy (non-hydrogen) atoms. The fourth-order valence-corrected chi connectivity index (χ4v) is 2.06. The molecular weight excluding hydrogens is 262 g/mol. The lowest BCUT2D eigenvalue weighted by molar-refractivity contribution is 0.0828. The molecule has 0 saturated heterocycles. The van der Waals surface area contributed by atoms with E-state index in [-0.39, 0.29) is 11.8 Å². The van der Waals surface area contributed by atoms with E-state index in [1.165, 1.54) is 16.2 Å². The molecule has 0 atom stereocenters. The Morgan fingerprint density at radius 1 is 1.26 bits per heavy atom. The molecule has 98 valence electrons. The van der Waals surface area contributed by atoms with Gasteiger partial charge >= 0.3 is 0 Å². The zero-order valence-corrected chi connectivity index (χ0v) is 11.4. The molecule has 0 aliphatic heterocycles. The minimum absolute atomic E-state index is 0.158. The van der Waals surface area contributed by atoms with Crippen LogP contribution in [0.4, 0.5) is 5.69 Å². The zero-order valence-electron chi connectivity index (χ0n) is 10.6. The van der Waals surface area contributed by atoms with Gasteiger partial charge in [-0.2, -0.15) is 0 Å². The van der Waals surface area contributed by atoms with Crippen LogP contribution in [0.1, 0.15) is 20.8 Å². The highest BCUT2D eigenvalue weighted by Gasteiger charge is 2.15. The van der Waals surface area contributed by atoms with Gasteiger partial charge < -0.3 is 10.2 Å². The largest absolute Gasteiger partial charge is 0.345 e. The van der Waals surface area contributed by atoms with Crippen LogP contribution in [0, 0.1) is 0 Å². The Balaban J connectivity index is 2.26. The van der Waals surface area contributed by atoms with Crippen molar-refractivity contribution in [1.82, 2.24) is 9.88 Å². The predicted octanol–water partition coefficient (Wildman–Crippen LogP) is 2.10. The number of carbonyl (C=O) groups is 2. The molecule has 2 rings (SSSR count). The molecular formula is C13H13N3O2S. The van der Waals surface area contributed by atoms with Crippen LogP contribution in [-0.4, -0.2) is 35.8 Å². The number of thiazole rings is 1. The van der Waals surface area contributed by atoms with Crippen molar-refractivity contribution < 1.29 is 9.59 Å². The molecule has 1 N–H and O–H groups in total. The van der Waals surface area contributed by atoms with Gasteiger partial charge in [0.2, 0.25) is 0 Å². The second-order valence-corrected chi connectivity index (χ2v) is 4.79. The molecule has 0 radical (unpaired) electrons. The van der Waals surface area contributed by atoms with Crippen molar-refractivity contribution in [2.75, 3.05) is 19.4 Å². The van der Waals surface area contributed by atoms with Crippen LogP contribution < -0.4 is 5.32 Å². The van der Waals surface area contributed by atoms with Gasteiger partial charge in [0.25, 0.3) is 11.8 Å². The lowest BCUT2D eigenvalue weighted by Gasteiger charge is -2.14. The van der Waals surface area contributed by atoms with Crippen molar-refractivity contribution in [3.8, 4) is 0 Å². The van der Waals surface area contributed by atoms with Gasteiger partial charge in [-0.1, -0.05) is 12.1 Å². The maximum Gasteiger partial charge on any atom is 0.275 e. The quantitative estimate of drug-likeness (QED) is 0.933. The van der Waals surface area contributed by atoms with Gasteiger partial charge in [0.15, 0.2) is 0 Å². The number of para-hydroxylation sites is 1. The average molecular weight is 275 g/mol. The molecule has 2 amide bonds. The molecule has 6 heteroatoms. The number of nitrogens with one attached hydrogen (secondary N) is 1. The number of aromatic nitrogens is 1. The summed E-state index contributed by atoms with van der Waals surface area (Å²) in [6.07, 6.45) is 0. The minimum atomic E-state index is -0.319. The van der Waals surface area contributed by atoms with E-state index < -0.39 is 0 Å². The van der Waals surface area contributed by atoms with Crippen molar-refractivity contribution in [3.05, 3.63) is 46.4 Å². The van der Waals surface area contributed by atoms with Crippen LogP contribution >= 0.6 is 11.3 Å². The monoisotopic (exact) mass is 275 g/mol. The molecule has 0 aliphatic carbocycles. The van der Waals surface area contributed by atoms with E-state index in [1.54, 1.807) is 49.3 Å². The fraction of sp³-hybridized carbons (Fsp3) is 0.154. The van der Waals surface area contributed by atoms with Crippen molar-refractivity contribution in [2.45, 2.75) is 0 Å². The van der Waals surface area contributed by atoms with E-state index in [0.717, 1.165) is 0 Å². The number of amides is 2. The van der Waals surface area contributed by atoms with Gasteiger partial charge in [-0.3, -0.25) is 9.59 Å². The number of nitrogens with zero attached hydrogens (tertiary/aromatic N) is 2. The molecule has 1 aromatic heterocycles. The topological polar surface area (TPSA) is 62.3 Å². The molecule has 2 aromatic rings. The summed E-state index contributed by atoms with van der Waals surface area (Å²) >= 11 is 1.35. The van der Waals surface area contributed by atoms with Gasteiger partial charge in [0.1, 0.15) is 5.69 Å². The highest BCUT2D eigenvalue weighted by Crippen LogP contribution is 2.17. The average Bonchev–Trinajstić information content (AvgIpc) is 2.92.